The topological polar surface area (TPSA) is 122 Å². The minimum atomic E-state index is -1.21. The van der Waals surface area contributed by atoms with E-state index in [2.05, 4.69) is 10.6 Å². The Morgan fingerprint density at radius 2 is 1.81 bits per heavy atom. The molecule has 0 aromatic heterocycles. The maximum Gasteiger partial charge on any atom is 0.305 e. The molecule has 3 N–H and O–H groups in total. The monoisotopic (exact) mass is 358 g/mol. The van der Waals surface area contributed by atoms with Gasteiger partial charge in [0.25, 0.3) is 5.91 Å². The van der Waals surface area contributed by atoms with Gasteiger partial charge in [-0.3, -0.25) is 14.4 Å². The van der Waals surface area contributed by atoms with E-state index in [0.29, 0.717) is 12.0 Å². The lowest BCUT2D eigenvalue weighted by Crippen LogP contribution is -2.44. The van der Waals surface area contributed by atoms with E-state index in [1.807, 2.05) is 36.4 Å². The first-order chi connectivity index (χ1) is 12.5. The van der Waals surface area contributed by atoms with Crippen molar-refractivity contribution >= 4 is 34.8 Å². The van der Waals surface area contributed by atoms with Crippen LogP contribution in [0.25, 0.3) is 10.8 Å². The molecule has 0 heterocycles. The molecule has 8 nitrogen and oxygen atoms in total. The fourth-order valence-corrected chi connectivity index (χ4v) is 2.27. The van der Waals surface area contributed by atoms with E-state index in [4.69, 9.17) is 9.84 Å². The van der Waals surface area contributed by atoms with Crippen LogP contribution in [-0.4, -0.2) is 48.4 Å². The fraction of sp³-hybridized carbons (Fsp3) is 0.222. The van der Waals surface area contributed by atoms with Gasteiger partial charge in [0.15, 0.2) is 6.61 Å². The van der Waals surface area contributed by atoms with Crippen LogP contribution >= 0.6 is 0 Å². The minimum absolute atomic E-state index is 0.284. The van der Waals surface area contributed by atoms with Crippen molar-refractivity contribution in [3.05, 3.63) is 42.5 Å². The molecule has 0 saturated carbocycles. The number of rotatable bonds is 9. The van der Waals surface area contributed by atoms with Gasteiger partial charge < -0.3 is 25.3 Å². The third-order valence-corrected chi connectivity index (χ3v) is 3.46. The Balaban J connectivity index is 1.80. The lowest BCUT2D eigenvalue weighted by molar-refractivity contribution is -0.139. The number of benzene rings is 2. The van der Waals surface area contributed by atoms with Crippen molar-refractivity contribution in [1.82, 2.24) is 10.6 Å². The van der Waals surface area contributed by atoms with Gasteiger partial charge in [0, 0.05) is 5.39 Å². The molecule has 0 spiro atoms. The number of ether oxygens (including phenoxy) is 1. The van der Waals surface area contributed by atoms with E-state index in [-0.39, 0.29) is 13.2 Å². The standard InChI is InChI=1S/C18H18N2O6/c21-10-13(8-18(24)25)20-16(22)9-19-17(23)11-26-15-7-3-5-12-4-1-2-6-14(12)15/h1-7,10,13H,8-9,11H2,(H,19,23)(H,20,22)(H,24,25)/t13-/m0/s1. The summed E-state index contributed by atoms with van der Waals surface area (Å²) >= 11 is 0. The SMILES string of the molecule is O=C[C@H](CC(=O)O)NC(=O)CNC(=O)COc1cccc2ccccc12. The van der Waals surface area contributed by atoms with Crippen molar-refractivity contribution in [3.8, 4) is 5.75 Å². The first-order valence-electron chi connectivity index (χ1n) is 7.83. The summed E-state index contributed by atoms with van der Waals surface area (Å²) in [6.45, 7) is -0.671. The van der Waals surface area contributed by atoms with Gasteiger partial charge >= 0.3 is 5.97 Å². The number of amides is 2. The number of carbonyl (C=O) groups excluding carboxylic acids is 3. The smallest absolute Gasteiger partial charge is 0.305 e. The molecule has 8 heteroatoms. The number of nitrogens with one attached hydrogen (secondary N) is 2. The van der Waals surface area contributed by atoms with Crippen molar-refractivity contribution in [2.45, 2.75) is 12.5 Å². The lowest BCUT2D eigenvalue weighted by atomic mass is 10.1. The predicted octanol–water partition coefficient (Wildman–Crippen LogP) is 0.493. The largest absolute Gasteiger partial charge is 0.483 e. The molecular formula is C18H18N2O6. The van der Waals surface area contributed by atoms with Gasteiger partial charge in [0.05, 0.1) is 19.0 Å². The molecule has 0 saturated heterocycles. The van der Waals surface area contributed by atoms with Crippen molar-refractivity contribution in [3.63, 3.8) is 0 Å². The van der Waals surface area contributed by atoms with Gasteiger partial charge in [0.1, 0.15) is 12.0 Å². The van der Waals surface area contributed by atoms with Crippen LogP contribution in [-0.2, 0) is 19.2 Å². The van der Waals surface area contributed by atoms with Crippen LogP contribution in [0, 0.1) is 0 Å². The zero-order chi connectivity index (χ0) is 18.9. The van der Waals surface area contributed by atoms with E-state index >= 15 is 0 Å². The van der Waals surface area contributed by atoms with Gasteiger partial charge in [0.2, 0.25) is 5.91 Å². The molecule has 0 bridgehead atoms. The summed E-state index contributed by atoms with van der Waals surface area (Å²) in [5.74, 6) is -1.85. The van der Waals surface area contributed by atoms with Gasteiger partial charge in [-0.25, -0.2) is 0 Å². The summed E-state index contributed by atoms with van der Waals surface area (Å²) in [6, 6.07) is 11.9. The molecule has 0 aliphatic rings. The number of hydrogen-bond donors (Lipinski definition) is 3. The Bertz CT molecular complexity index is 815. The van der Waals surface area contributed by atoms with E-state index in [1.54, 1.807) is 6.07 Å². The second-order valence-corrected chi connectivity index (χ2v) is 5.45. The molecule has 0 aliphatic carbocycles. The van der Waals surface area contributed by atoms with Crippen LogP contribution in [0.15, 0.2) is 42.5 Å². The van der Waals surface area contributed by atoms with E-state index in [1.165, 1.54) is 0 Å². The maximum atomic E-state index is 11.8. The number of carboxylic acid groups (broad SMARTS) is 1. The fourth-order valence-electron chi connectivity index (χ4n) is 2.27. The Kier molecular flexibility index (Phi) is 6.67. The summed E-state index contributed by atoms with van der Waals surface area (Å²) in [7, 11) is 0. The summed E-state index contributed by atoms with van der Waals surface area (Å²) in [5, 5.41) is 15.0. The number of aldehydes is 1. The number of carboxylic acids is 1. The van der Waals surface area contributed by atoms with Gasteiger partial charge in [-0.15, -0.1) is 0 Å². The Morgan fingerprint density at radius 3 is 2.54 bits per heavy atom. The van der Waals surface area contributed by atoms with Crippen molar-refractivity contribution < 1.29 is 29.0 Å². The first-order valence-corrected chi connectivity index (χ1v) is 7.83. The van der Waals surface area contributed by atoms with E-state index in [0.717, 1.165) is 10.8 Å². The van der Waals surface area contributed by atoms with Crippen LogP contribution in [0.4, 0.5) is 0 Å². The molecule has 0 unspecified atom stereocenters. The van der Waals surface area contributed by atoms with Gasteiger partial charge in [-0.05, 0) is 11.5 Å². The molecule has 0 fully saturated rings. The maximum absolute atomic E-state index is 11.8. The molecular weight excluding hydrogens is 340 g/mol. The zero-order valence-corrected chi connectivity index (χ0v) is 13.8. The lowest BCUT2D eigenvalue weighted by Gasteiger charge is -2.12. The molecule has 2 amide bonds. The molecule has 26 heavy (non-hydrogen) atoms. The van der Waals surface area contributed by atoms with Crippen molar-refractivity contribution in [2.24, 2.45) is 0 Å². The number of carbonyl (C=O) groups is 4. The molecule has 0 aliphatic heterocycles. The van der Waals surface area contributed by atoms with Crippen LogP contribution in [0.2, 0.25) is 0 Å². The van der Waals surface area contributed by atoms with Gasteiger partial charge in [-0.2, -0.15) is 0 Å². The van der Waals surface area contributed by atoms with Crippen LogP contribution in [0.3, 0.4) is 0 Å². The average Bonchev–Trinajstić information content (AvgIpc) is 2.63. The van der Waals surface area contributed by atoms with E-state index < -0.39 is 30.2 Å². The molecule has 2 aromatic rings. The number of aliphatic carboxylic acids is 1. The number of fused-ring (bicyclic) bond motifs is 1. The molecule has 2 aromatic carbocycles. The van der Waals surface area contributed by atoms with E-state index in [9.17, 15) is 19.2 Å². The Hall–Kier alpha value is -3.42. The summed E-state index contributed by atoms with van der Waals surface area (Å²) < 4.78 is 5.49. The second kappa shape index (κ2) is 9.16. The molecule has 2 rings (SSSR count). The highest BCUT2D eigenvalue weighted by Crippen LogP contribution is 2.24. The number of hydrogen-bond acceptors (Lipinski definition) is 5. The highest BCUT2D eigenvalue weighted by molar-refractivity contribution is 5.89. The quantitative estimate of drug-likeness (QED) is 0.561. The summed E-state index contributed by atoms with van der Waals surface area (Å²) in [6.07, 6.45) is -0.190. The highest BCUT2D eigenvalue weighted by atomic mass is 16.5. The molecule has 136 valence electrons. The van der Waals surface area contributed by atoms with Crippen LogP contribution in [0.5, 0.6) is 5.75 Å². The molecule has 0 radical (unpaired) electrons. The third-order valence-electron chi connectivity index (χ3n) is 3.46. The first kappa shape index (κ1) is 18.9. The normalized spacial score (nSPS) is 11.4. The van der Waals surface area contributed by atoms with Crippen molar-refractivity contribution in [2.75, 3.05) is 13.2 Å². The average molecular weight is 358 g/mol. The second-order valence-electron chi connectivity index (χ2n) is 5.45. The zero-order valence-electron chi connectivity index (χ0n) is 13.8. The van der Waals surface area contributed by atoms with Crippen molar-refractivity contribution in [1.29, 1.82) is 0 Å². The minimum Gasteiger partial charge on any atom is -0.483 e. The Morgan fingerprint density at radius 1 is 1.08 bits per heavy atom. The van der Waals surface area contributed by atoms with Crippen LogP contribution < -0.4 is 15.4 Å². The summed E-state index contributed by atoms with van der Waals surface area (Å²) in [4.78, 5) is 44.7. The van der Waals surface area contributed by atoms with Crippen LogP contribution in [0.1, 0.15) is 6.42 Å². The Labute approximate surface area is 149 Å². The predicted molar refractivity (Wildman–Crippen MR) is 92.7 cm³/mol. The molecule has 1 atom stereocenters. The summed E-state index contributed by atoms with van der Waals surface area (Å²) in [5.41, 5.74) is 0. The van der Waals surface area contributed by atoms with Gasteiger partial charge in [-0.1, -0.05) is 36.4 Å². The third kappa shape index (κ3) is 5.59. The highest BCUT2D eigenvalue weighted by Gasteiger charge is 2.15.